The smallest absolute Gasteiger partial charge is 0.0598 e. The predicted molar refractivity (Wildman–Crippen MR) is 85.1 cm³/mol. The van der Waals surface area contributed by atoms with Crippen LogP contribution in [0.4, 0.5) is 0 Å². The fourth-order valence-corrected chi connectivity index (χ4v) is 1.47. The SMILES string of the molecule is C#CCCCC[C](C#CC(C)CC)CC#CCCC. The molecular formula is C19H27. The van der Waals surface area contributed by atoms with Crippen LogP contribution in [0.3, 0.4) is 0 Å². The van der Waals surface area contributed by atoms with Gasteiger partial charge in [0.25, 0.3) is 0 Å². The van der Waals surface area contributed by atoms with E-state index >= 15 is 0 Å². The van der Waals surface area contributed by atoms with Crippen molar-refractivity contribution in [2.75, 3.05) is 0 Å². The van der Waals surface area contributed by atoms with Crippen molar-refractivity contribution in [3.8, 4) is 36.0 Å². The van der Waals surface area contributed by atoms with Gasteiger partial charge in [-0.15, -0.1) is 24.2 Å². The third-order valence-corrected chi connectivity index (χ3v) is 2.96. The summed E-state index contributed by atoms with van der Waals surface area (Å²) in [7, 11) is 0. The largest absolute Gasteiger partial charge is 0.120 e. The van der Waals surface area contributed by atoms with Gasteiger partial charge in [0.05, 0.1) is 5.92 Å². The van der Waals surface area contributed by atoms with Crippen LogP contribution in [0.25, 0.3) is 0 Å². The van der Waals surface area contributed by atoms with Gasteiger partial charge in [0, 0.05) is 25.2 Å². The molecule has 0 heteroatoms. The molecule has 0 spiro atoms. The number of rotatable bonds is 7. The van der Waals surface area contributed by atoms with Gasteiger partial charge >= 0.3 is 0 Å². The number of hydrogen-bond acceptors (Lipinski definition) is 0. The summed E-state index contributed by atoms with van der Waals surface area (Å²) in [4.78, 5) is 0. The van der Waals surface area contributed by atoms with Crippen LogP contribution in [0, 0.1) is 47.9 Å². The standard InChI is InChI=1S/C19H27/c1-5-8-10-12-14-19(15-13-11-9-6-2)17-16-18(4)7-3/h1,18H,6-10,12,14-15H2,2-4H3. The Morgan fingerprint density at radius 1 is 1.11 bits per heavy atom. The summed E-state index contributed by atoms with van der Waals surface area (Å²) in [5.74, 6) is 17.5. The van der Waals surface area contributed by atoms with Gasteiger partial charge < -0.3 is 0 Å². The van der Waals surface area contributed by atoms with Gasteiger partial charge in [-0.05, 0) is 25.7 Å². The molecule has 1 atom stereocenters. The Bertz CT molecular complexity index is 361. The third kappa shape index (κ3) is 11.5. The molecule has 0 rings (SSSR count). The van der Waals surface area contributed by atoms with Gasteiger partial charge in [0.2, 0.25) is 0 Å². The molecule has 0 aromatic heterocycles. The van der Waals surface area contributed by atoms with Gasteiger partial charge in [-0.1, -0.05) is 39.0 Å². The lowest BCUT2D eigenvalue weighted by Gasteiger charge is -2.06. The molecule has 0 amide bonds. The van der Waals surface area contributed by atoms with E-state index in [1.54, 1.807) is 0 Å². The molecule has 0 aliphatic carbocycles. The maximum atomic E-state index is 5.27. The molecule has 0 aromatic carbocycles. The molecule has 0 fully saturated rings. The quantitative estimate of drug-likeness (QED) is 0.444. The minimum Gasteiger partial charge on any atom is -0.120 e. The first-order valence-corrected chi connectivity index (χ1v) is 7.49. The lowest BCUT2D eigenvalue weighted by molar-refractivity contribution is 0.706. The minimum atomic E-state index is 0.476. The van der Waals surface area contributed by atoms with E-state index in [2.05, 4.69) is 50.4 Å². The molecule has 19 heavy (non-hydrogen) atoms. The van der Waals surface area contributed by atoms with Crippen molar-refractivity contribution in [2.24, 2.45) is 5.92 Å². The maximum absolute atomic E-state index is 5.27. The second-order valence-corrected chi connectivity index (χ2v) is 4.87. The zero-order valence-corrected chi connectivity index (χ0v) is 12.8. The molecular weight excluding hydrogens is 228 g/mol. The lowest BCUT2D eigenvalue weighted by Crippen LogP contribution is -1.95. The van der Waals surface area contributed by atoms with Crippen LogP contribution in [0.15, 0.2) is 0 Å². The maximum Gasteiger partial charge on any atom is 0.0598 e. The van der Waals surface area contributed by atoms with Crippen LogP contribution >= 0.6 is 0 Å². The van der Waals surface area contributed by atoms with Gasteiger partial charge in [0.15, 0.2) is 0 Å². The molecule has 1 radical (unpaired) electrons. The second-order valence-electron chi connectivity index (χ2n) is 4.87. The van der Waals surface area contributed by atoms with Gasteiger partial charge in [-0.25, -0.2) is 0 Å². The average Bonchev–Trinajstić information content (AvgIpc) is 2.44. The molecule has 1 unspecified atom stereocenters. The molecule has 0 nitrogen and oxygen atoms in total. The summed E-state index contributed by atoms with van der Waals surface area (Å²) >= 11 is 0. The first-order chi connectivity index (χ1) is 9.24. The summed E-state index contributed by atoms with van der Waals surface area (Å²) in [6, 6.07) is 0. The Labute approximate surface area is 120 Å². The van der Waals surface area contributed by atoms with Crippen molar-refractivity contribution in [3.63, 3.8) is 0 Å². The highest BCUT2D eigenvalue weighted by Gasteiger charge is 2.04. The Morgan fingerprint density at radius 2 is 1.89 bits per heavy atom. The lowest BCUT2D eigenvalue weighted by atomic mass is 9.97. The molecule has 0 N–H and O–H groups in total. The summed E-state index contributed by atoms with van der Waals surface area (Å²) in [5.41, 5.74) is 0. The zero-order valence-electron chi connectivity index (χ0n) is 12.8. The fourth-order valence-electron chi connectivity index (χ4n) is 1.47. The summed E-state index contributed by atoms with van der Waals surface area (Å²) in [5, 5.41) is 0. The fraction of sp³-hybridized carbons (Fsp3) is 0.632. The first kappa shape index (κ1) is 17.7. The molecule has 0 bridgehead atoms. The predicted octanol–water partition coefficient (Wildman–Crippen LogP) is 5.00. The van der Waals surface area contributed by atoms with Crippen molar-refractivity contribution < 1.29 is 0 Å². The number of hydrogen-bond donors (Lipinski definition) is 0. The first-order valence-electron chi connectivity index (χ1n) is 7.49. The third-order valence-electron chi connectivity index (χ3n) is 2.96. The molecule has 0 saturated carbocycles. The van der Waals surface area contributed by atoms with E-state index in [4.69, 9.17) is 6.42 Å². The zero-order chi connectivity index (χ0) is 14.3. The summed E-state index contributed by atoms with van der Waals surface area (Å²) in [6.45, 7) is 6.50. The van der Waals surface area contributed by atoms with Crippen LogP contribution in [0.5, 0.6) is 0 Å². The van der Waals surface area contributed by atoms with Gasteiger partial charge in [-0.2, -0.15) is 0 Å². The van der Waals surface area contributed by atoms with Crippen LogP contribution in [0.1, 0.15) is 72.1 Å². The highest BCUT2D eigenvalue weighted by atomic mass is 14.1. The topological polar surface area (TPSA) is 0 Å². The monoisotopic (exact) mass is 255 g/mol. The van der Waals surface area contributed by atoms with Crippen molar-refractivity contribution in [2.45, 2.75) is 72.1 Å². The van der Waals surface area contributed by atoms with E-state index in [0.29, 0.717) is 5.92 Å². The van der Waals surface area contributed by atoms with Crippen molar-refractivity contribution >= 4 is 0 Å². The van der Waals surface area contributed by atoms with Crippen LogP contribution in [-0.2, 0) is 0 Å². The van der Waals surface area contributed by atoms with Crippen LogP contribution in [-0.4, -0.2) is 0 Å². The highest BCUT2D eigenvalue weighted by molar-refractivity contribution is 5.26. The Morgan fingerprint density at radius 3 is 2.53 bits per heavy atom. The Kier molecular flexibility index (Phi) is 12.2. The van der Waals surface area contributed by atoms with Gasteiger partial charge in [-0.3, -0.25) is 0 Å². The average molecular weight is 255 g/mol. The van der Waals surface area contributed by atoms with Crippen LogP contribution in [0.2, 0.25) is 0 Å². The van der Waals surface area contributed by atoms with E-state index in [-0.39, 0.29) is 0 Å². The second kappa shape index (κ2) is 13.1. The highest BCUT2D eigenvalue weighted by Crippen LogP contribution is 2.15. The van der Waals surface area contributed by atoms with Crippen molar-refractivity contribution in [1.29, 1.82) is 0 Å². The minimum absolute atomic E-state index is 0.476. The van der Waals surface area contributed by atoms with Crippen molar-refractivity contribution in [3.05, 3.63) is 5.92 Å². The molecule has 103 valence electrons. The summed E-state index contributed by atoms with van der Waals surface area (Å²) < 4.78 is 0. The molecule has 0 aliphatic rings. The van der Waals surface area contributed by atoms with E-state index in [1.807, 2.05) is 0 Å². The van der Waals surface area contributed by atoms with Crippen LogP contribution < -0.4 is 0 Å². The van der Waals surface area contributed by atoms with E-state index < -0.39 is 0 Å². The number of unbranched alkanes of at least 4 members (excludes halogenated alkanes) is 3. The molecule has 0 aliphatic heterocycles. The molecule has 0 aromatic rings. The Hall–Kier alpha value is -1.32. The van der Waals surface area contributed by atoms with E-state index in [9.17, 15) is 0 Å². The van der Waals surface area contributed by atoms with E-state index in [1.165, 1.54) is 5.92 Å². The molecule has 0 heterocycles. The van der Waals surface area contributed by atoms with E-state index in [0.717, 1.165) is 51.4 Å². The van der Waals surface area contributed by atoms with Gasteiger partial charge in [0.1, 0.15) is 0 Å². The normalized spacial score (nSPS) is 10.9. The number of terminal acetylenes is 1. The summed E-state index contributed by atoms with van der Waals surface area (Å²) in [6.07, 6.45) is 13.5. The Balaban J connectivity index is 4.26. The molecule has 0 saturated heterocycles. The van der Waals surface area contributed by atoms with Crippen molar-refractivity contribution in [1.82, 2.24) is 0 Å².